The van der Waals surface area contributed by atoms with E-state index in [1.807, 2.05) is 5.43 Å². The van der Waals surface area contributed by atoms with E-state index in [1.54, 1.807) is 0 Å². The average Bonchev–Trinajstić information content (AvgIpc) is 2.66. The molecule has 0 spiro atoms. The molecule has 0 radical (unpaired) electrons. The Kier molecular flexibility index (Phi) is 5.23. The minimum absolute atomic E-state index is 0.0374. The first-order valence-corrected chi connectivity index (χ1v) is 7.90. The summed E-state index contributed by atoms with van der Waals surface area (Å²) in [5, 5.41) is 3.47. The summed E-state index contributed by atoms with van der Waals surface area (Å²) in [7, 11) is 0. The zero-order chi connectivity index (χ0) is 21.2. The second-order valence-electron chi connectivity index (χ2n) is 5.73. The number of benzene rings is 2. The number of nitrogens with one attached hydrogen (secondary N) is 1. The van der Waals surface area contributed by atoms with Crippen molar-refractivity contribution in [3.8, 4) is 0 Å². The van der Waals surface area contributed by atoms with Gasteiger partial charge in [0.25, 0.3) is 5.91 Å². The largest absolute Gasteiger partial charge is 0.435 e. The predicted molar refractivity (Wildman–Crippen MR) is 91.0 cm³/mol. The highest BCUT2D eigenvalue weighted by Crippen LogP contribution is 2.31. The molecule has 0 aliphatic heterocycles. The average molecular weight is 412 g/mol. The molecule has 0 saturated carbocycles. The monoisotopic (exact) mass is 412 g/mol. The lowest BCUT2D eigenvalue weighted by Crippen LogP contribution is -2.25. The number of para-hydroxylation sites is 2. The molecule has 1 heterocycles. The first-order chi connectivity index (χ1) is 13.6. The van der Waals surface area contributed by atoms with E-state index in [-0.39, 0.29) is 16.6 Å². The molecule has 1 amide bonds. The number of alkyl halides is 6. The molecule has 2 aromatic carbocycles. The third-order valence-electron chi connectivity index (χ3n) is 3.67. The van der Waals surface area contributed by atoms with E-state index < -0.39 is 35.2 Å². The molecule has 0 bridgehead atoms. The third kappa shape index (κ3) is 4.68. The van der Waals surface area contributed by atoms with Gasteiger partial charge in [0.05, 0.1) is 22.8 Å². The van der Waals surface area contributed by atoms with Crippen LogP contribution < -0.4 is 5.43 Å². The van der Waals surface area contributed by atoms with Crippen LogP contribution in [0.2, 0.25) is 0 Å². The number of amides is 1. The molecule has 11 heteroatoms. The Labute approximate surface area is 159 Å². The van der Waals surface area contributed by atoms with Crippen molar-refractivity contribution in [3.63, 3.8) is 0 Å². The van der Waals surface area contributed by atoms with Gasteiger partial charge in [0, 0.05) is 0 Å². The minimum atomic E-state index is -4.93. The van der Waals surface area contributed by atoms with Crippen LogP contribution in [-0.4, -0.2) is 22.1 Å². The van der Waals surface area contributed by atoms with E-state index in [0.29, 0.717) is 0 Å². The van der Waals surface area contributed by atoms with Gasteiger partial charge in [-0.3, -0.25) is 4.79 Å². The van der Waals surface area contributed by atoms with Crippen molar-refractivity contribution in [2.24, 2.45) is 5.10 Å². The second-order valence-corrected chi connectivity index (χ2v) is 5.73. The molecule has 0 aliphatic carbocycles. The van der Waals surface area contributed by atoms with Gasteiger partial charge in [-0.2, -0.15) is 31.4 Å². The van der Waals surface area contributed by atoms with E-state index in [4.69, 9.17) is 0 Å². The lowest BCUT2D eigenvalue weighted by atomic mass is 10.1. The summed E-state index contributed by atoms with van der Waals surface area (Å²) < 4.78 is 77.3. The smallest absolute Gasteiger partial charge is 0.265 e. The summed E-state index contributed by atoms with van der Waals surface area (Å²) in [4.78, 5) is 19.3. The maximum Gasteiger partial charge on any atom is 0.435 e. The van der Waals surface area contributed by atoms with Gasteiger partial charge in [0.2, 0.25) is 0 Å². The lowest BCUT2D eigenvalue weighted by molar-refractivity contribution is -0.141. The van der Waals surface area contributed by atoms with Gasteiger partial charge in [-0.05, 0) is 29.8 Å². The Morgan fingerprint density at radius 1 is 0.862 bits per heavy atom. The predicted octanol–water partition coefficient (Wildman–Crippen LogP) is 4.43. The normalized spacial score (nSPS) is 12.5. The van der Waals surface area contributed by atoms with Gasteiger partial charge in [0.1, 0.15) is 0 Å². The van der Waals surface area contributed by atoms with Crippen LogP contribution in [0.3, 0.4) is 0 Å². The van der Waals surface area contributed by atoms with Crippen LogP contribution in [0.4, 0.5) is 26.3 Å². The highest BCUT2D eigenvalue weighted by atomic mass is 19.4. The molecule has 3 rings (SSSR count). The fraction of sp³-hybridized carbons (Fsp3) is 0.111. The summed E-state index contributed by atoms with van der Waals surface area (Å²) in [5.41, 5.74) is -1.21. The molecular weight excluding hydrogens is 402 g/mol. The molecule has 29 heavy (non-hydrogen) atoms. The number of nitrogens with zero attached hydrogens (tertiary/aromatic N) is 3. The maximum absolute atomic E-state index is 13.2. The number of fused-ring (bicyclic) bond motifs is 1. The van der Waals surface area contributed by atoms with Crippen molar-refractivity contribution in [2.45, 2.75) is 12.4 Å². The van der Waals surface area contributed by atoms with Crippen LogP contribution in [0.25, 0.3) is 11.0 Å². The van der Waals surface area contributed by atoms with Gasteiger partial charge in [-0.15, -0.1) is 0 Å². The molecule has 0 fully saturated rings. The Bertz CT molecular complexity index is 1070. The van der Waals surface area contributed by atoms with E-state index in [9.17, 15) is 31.1 Å². The van der Waals surface area contributed by atoms with Crippen LogP contribution in [0.5, 0.6) is 0 Å². The van der Waals surface area contributed by atoms with Crippen molar-refractivity contribution in [1.29, 1.82) is 0 Å². The van der Waals surface area contributed by atoms with Gasteiger partial charge in [-0.25, -0.2) is 15.4 Å². The first kappa shape index (κ1) is 20.2. The summed E-state index contributed by atoms with van der Waals surface area (Å²) in [6.45, 7) is 0. The molecule has 150 valence electrons. The first-order valence-electron chi connectivity index (χ1n) is 7.90. The second kappa shape index (κ2) is 7.49. The number of carbonyl (C=O) groups is 1. The van der Waals surface area contributed by atoms with Gasteiger partial charge >= 0.3 is 12.4 Å². The van der Waals surface area contributed by atoms with Gasteiger partial charge < -0.3 is 0 Å². The number of hydrogen-bond acceptors (Lipinski definition) is 4. The Morgan fingerprint density at radius 2 is 1.45 bits per heavy atom. The molecule has 0 aliphatic rings. The van der Waals surface area contributed by atoms with Crippen molar-refractivity contribution < 1.29 is 31.1 Å². The molecule has 0 unspecified atom stereocenters. The van der Waals surface area contributed by atoms with E-state index in [1.165, 1.54) is 24.3 Å². The number of hydrazone groups is 1. The summed E-state index contributed by atoms with van der Waals surface area (Å²) in [6, 6.07) is 9.51. The van der Waals surface area contributed by atoms with Crippen molar-refractivity contribution >= 4 is 23.2 Å². The van der Waals surface area contributed by atoms with Crippen LogP contribution >= 0.6 is 0 Å². The van der Waals surface area contributed by atoms with Crippen molar-refractivity contribution in [1.82, 2.24) is 15.4 Å². The van der Waals surface area contributed by atoms with E-state index in [0.717, 1.165) is 30.5 Å². The Hall–Kier alpha value is -3.50. The van der Waals surface area contributed by atoms with Crippen LogP contribution in [-0.2, 0) is 12.4 Å². The number of carbonyl (C=O) groups excluding carboxylic acids is 1. The molecule has 1 N–H and O–H groups in total. The quantitative estimate of drug-likeness (QED) is 0.393. The highest BCUT2D eigenvalue weighted by Gasteiger charge is 2.39. The summed E-state index contributed by atoms with van der Waals surface area (Å²) >= 11 is 0. The SMILES string of the molecule is O=C(NN=Cc1ccc(C(F)(F)F)cc1)c1nc2ccccc2nc1C(F)(F)F. The van der Waals surface area contributed by atoms with E-state index in [2.05, 4.69) is 15.1 Å². The van der Waals surface area contributed by atoms with Crippen molar-refractivity contribution in [2.75, 3.05) is 0 Å². The fourth-order valence-electron chi connectivity index (χ4n) is 2.33. The zero-order valence-corrected chi connectivity index (χ0v) is 14.2. The molecule has 3 aromatic rings. The number of hydrogen-bond donors (Lipinski definition) is 1. The van der Waals surface area contributed by atoms with Crippen LogP contribution in [0.1, 0.15) is 27.3 Å². The number of aromatic nitrogens is 2. The Morgan fingerprint density at radius 3 is 2.00 bits per heavy atom. The van der Waals surface area contributed by atoms with Gasteiger partial charge in [0.15, 0.2) is 11.4 Å². The third-order valence-corrected chi connectivity index (χ3v) is 3.67. The molecule has 1 aromatic heterocycles. The molecule has 5 nitrogen and oxygen atoms in total. The summed E-state index contributed by atoms with van der Waals surface area (Å²) in [5.74, 6) is -1.27. The Balaban J connectivity index is 1.83. The topological polar surface area (TPSA) is 67.2 Å². The highest BCUT2D eigenvalue weighted by molar-refractivity contribution is 5.96. The number of rotatable bonds is 3. The van der Waals surface area contributed by atoms with Crippen LogP contribution in [0, 0.1) is 0 Å². The summed E-state index contributed by atoms with van der Waals surface area (Å²) in [6.07, 6.45) is -8.45. The number of halogens is 6. The fourth-order valence-corrected chi connectivity index (χ4v) is 2.33. The van der Waals surface area contributed by atoms with Gasteiger partial charge in [-0.1, -0.05) is 24.3 Å². The van der Waals surface area contributed by atoms with E-state index >= 15 is 0 Å². The molecule has 0 atom stereocenters. The van der Waals surface area contributed by atoms with Crippen LogP contribution in [0.15, 0.2) is 53.6 Å². The maximum atomic E-state index is 13.2. The minimum Gasteiger partial charge on any atom is -0.265 e. The zero-order valence-electron chi connectivity index (χ0n) is 14.2. The standard InChI is InChI=1S/C18H10F6N4O/c19-17(20,21)11-7-5-10(6-8-11)9-25-28-16(29)14-15(18(22,23)24)27-13-4-2-1-3-12(13)26-14/h1-9H,(H,28,29). The van der Waals surface area contributed by atoms with Crippen molar-refractivity contribution in [3.05, 3.63) is 71.0 Å². The molecule has 0 saturated heterocycles. The lowest BCUT2D eigenvalue weighted by Gasteiger charge is -2.11. The molecular formula is C18H10F6N4O.